The van der Waals surface area contributed by atoms with Gasteiger partial charge in [-0.15, -0.1) is 0 Å². The summed E-state index contributed by atoms with van der Waals surface area (Å²) in [6.07, 6.45) is 1.37. The highest BCUT2D eigenvalue weighted by Gasteiger charge is 2.41. The molecule has 6 aromatic carbocycles. The fraction of sp³-hybridized carbons (Fsp3) is 0.200. The summed E-state index contributed by atoms with van der Waals surface area (Å²) in [6, 6.07) is 23.5. The van der Waals surface area contributed by atoms with Gasteiger partial charge in [0.2, 0.25) is 0 Å². The van der Waals surface area contributed by atoms with E-state index >= 15 is 0 Å². The zero-order valence-electron chi connectivity index (χ0n) is 26.7. The van der Waals surface area contributed by atoms with E-state index in [0.717, 1.165) is 66.9 Å². The molecule has 2 atom stereocenters. The molecule has 0 radical (unpaired) electrons. The van der Waals surface area contributed by atoms with E-state index in [9.17, 15) is 20.4 Å². The van der Waals surface area contributed by atoms with Crippen molar-refractivity contribution in [2.24, 2.45) is 0 Å². The molecule has 48 heavy (non-hydrogen) atoms. The maximum atomic E-state index is 11.6. The van der Waals surface area contributed by atoms with Crippen molar-refractivity contribution in [3.8, 4) is 57.1 Å². The number of ether oxygens (including phenoxy) is 4. The summed E-state index contributed by atoms with van der Waals surface area (Å²) in [4.78, 5) is 0. The minimum Gasteiger partial charge on any atom is -0.508 e. The molecule has 0 amide bonds. The molecule has 0 spiro atoms. The van der Waals surface area contributed by atoms with E-state index in [4.69, 9.17) is 18.9 Å². The number of methoxy groups -OCH3 is 3. The highest BCUT2D eigenvalue weighted by molar-refractivity contribution is 6.12. The molecule has 1 heterocycles. The van der Waals surface area contributed by atoms with E-state index in [1.54, 1.807) is 50.6 Å². The first-order valence-corrected chi connectivity index (χ1v) is 15.8. The molecule has 0 fully saturated rings. The van der Waals surface area contributed by atoms with E-state index < -0.39 is 6.10 Å². The van der Waals surface area contributed by atoms with E-state index in [1.807, 2.05) is 42.5 Å². The van der Waals surface area contributed by atoms with Crippen LogP contribution in [0.4, 0.5) is 0 Å². The van der Waals surface area contributed by atoms with Gasteiger partial charge in [-0.25, -0.2) is 0 Å². The number of aryl methyl sites for hydroxylation is 1. The van der Waals surface area contributed by atoms with Crippen LogP contribution in [0.15, 0.2) is 78.9 Å². The number of fused-ring (bicyclic) bond motifs is 8. The highest BCUT2D eigenvalue weighted by atomic mass is 16.5. The minimum atomic E-state index is -0.485. The number of hydrogen-bond donors (Lipinski definition) is 4. The van der Waals surface area contributed by atoms with Crippen molar-refractivity contribution in [2.45, 2.75) is 31.3 Å². The van der Waals surface area contributed by atoms with Gasteiger partial charge < -0.3 is 39.4 Å². The number of phenolic OH excluding ortho intramolecular Hbond substituents is 4. The first kappa shape index (κ1) is 29.6. The molecule has 1 aliphatic carbocycles. The molecule has 8 nitrogen and oxygen atoms in total. The smallest absolute Gasteiger partial charge is 0.160 e. The van der Waals surface area contributed by atoms with Crippen molar-refractivity contribution >= 4 is 21.5 Å². The normalized spacial score (nSPS) is 16.2. The van der Waals surface area contributed by atoms with E-state index in [0.29, 0.717) is 35.8 Å². The van der Waals surface area contributed by atoms with Crippen LogP contribution in [-0.2, 0) is 19.3 Å². The molecule has 0 bridgehead atoms. The lowest BCUT2D eigenvalue weighted by atomic mass is 9.76. The molecule has 6 aromatic rings. The predicted octanol–water partition coefficient (Wildman–Crippen LogP) is 8.07. The van der Waals surface area contributed by atoms with Crippen molar-refractivity contribution in [1.82, 2.24) is 0 Å². The van der Waals surface area contributed by atoms with Gasteiger partial charge in [0.05, 0.1) is 21.3 Å². The van der Waals surface area contributed by atoms with E-state index in [-0.39, 0.29) is 28.9 Å². The molecule has 242 valence electrons. The maximum absolute atomic E-state index is 11.6. The lowest BCUT2D eigenvalue weighted by molar-refractivity contribution is 0.207. The number of rotatable bonds is 6. The first-order valence-electron chi connectivity index (χ1n) is 15.8. The Morgan fingerprint density at radius 1 is 0.688 bits per heavy atom. The molecular weight excluding hydrogens is 608 g/mol. The van der Waals surface area contributed by atoms with Gasteiger partial charge in [0.25, 0.3) is 0 Å². The third kappa shape index (κ3) is 4.51. The van der Waals surface area contributed by atoms with Crippen LogP contribution in [0.2, 0.25) is 0 Å². The molecule has 0 saturated heterocycles. The quantitative estimate of drug-likeness (QED) is 0.135. The van der Waals surface area contributed by atoms with Gasteiger partial charge >= 0.3 is 0 Å². The van der Waals surface area contributed by atoms with Gasteiger partial charge in [0.1, 0.15) is 40.6 Å². The molecule has 1 aliphatic heterocycles. The van der Waals surface area contributed by atoms with Crippen LogP contribution >= 0.6 is 0 Å². The number of hydrogen-bond acceptors (Lipinski definition) is 8. The number of phenols is 4. The van der Waals surface area contributed by atoms with Crippen LogP contribution in [-0.4, -0.2) is 41.8 Å². The summed E-state index contributed by atoms with van der Waals surface area (Å²) in [5.74, 6) is 2.54. The third-order valence-corrected chi connectivity index (χ3v) is 9.94. The van der Waals surface area contributed by atoms with Crippen LogP contribution in [0.3, 0.4) is 0 Å². The van der Waals surface area contributed by atoms with Crippen LogP contribution in [0, 0.1) is 0 Å². The standard InChI is InChI=1S/C40H34O8/c1-45-33-16-22(6-13-31(33)43)40-30(17-29-27-9-4-20-14-23(41)7-11-25(20)37(27)34(46-2)18-32(29)44)39-28-10-5-21-15-24(42)8-12-26(21)38(28)35(47-3)19-36(39)48-40/h4,6-9,11-16,18-19,30,40-44H,5,10,17H2,1-3H3. The van der Waals surface area contributed by atoms with Crippen molar-refractivity contribution < 1.29 is 39.4 Å². The first-order chi connectivity index (χ1) is 23.3. The summed E-state index contributed by atoms with van der Waals surface area (Å²) in [7, 11) is 4.75. The highest BCUT2D eigenvalue weighted by Crippen LogP contribution is 2.57. The Morgan fingerprint density at radius 3 is 2.23 bits per heavy atom. The predicted molar refractivity (Wildman–Crippen MR) is 183 cm³/mol. The second kappa shape index (κ2) is 11.2. The molecule has 0 saturated carbocycles. The topological polar surface area (TPSA) is 118 Å². The van der Waals surface area contributed by atoms with Crippen LogP contribution in [0.5, 0.6) is 46.0 Å². The minimum absolute atomic E-state index is 0.0314. The van der Waals surface area contributed by atoms with Crippen molar-refractivity contribution in [3.05, 3.63) is 107 Å². The van der Waals surface area contributed by atoms with Crippen LogP contribution in [0.1, 0.15) is 39.8 Å². The molecule has 4 N–H and O–H groups in total. The van der Waals surface area contributed by atoms with Crippen molar-refractivity contribution in [1.29, 1.82) is 0 Å². The Balaban J connectivity index is 1.37. The van der Waals surface area contributed by atoms with E-state index in [1.165, 1.54) is 7.11 Å². The van der Waals surface area contributed by atoms with Gasteiger partial charge in [0, 0.05) is 40.1 Å². The van der Waals surface area contributed by atoms with Gasteiger partial charge in [-0.2, -0.15) is 0 Å². The number of benzene rings is 6. The van der Waals surface area contributed by atoms with Crippen molar-refractivity contribution in [3.63, 3.8) is 0 Å². The zero-order valence-corrected chi connectivity index (χ0v) is 26.7. The van der Waals surface area contributed by atoms with Crippen molar-refractivity contribution in [2.75, 3.05) is 21.3 Å². The van der Waals surface area contributed by atoms with E-state index in [2.05, 4.69) is 0 Å². The van der Waals surface area contributed by atoms with Gasteiger partial charge in [-0.05, 0) is 100 Å². The second-order valence-corrected chi connectivity index (χ2v) is 12.4. The molecule has 2 unspecified atom stereocenters. The Kier molecular flexibility index (Phi) is 6.91. The van der Waals surface area contributed by atoms with Crippen LogP contribution < -0.4 is 18.9 Å². The average molecular weight is 643 g/mol. The third-order valence-electron chi connectivity index (χ3n) is 9.94. The summed E-state index contributed by atoms with van der Waals surface area (Å²) in [5, 5.41) is 45.9. The SMILES string of the molecule is COc1cc(C2Oc3cc(OC)c4c(c3C2Cc2c(O)cc(OC)c3c2ccc2cc(O)ccc23)CCc2cc(O)ccc2-4)ccc1O. The lowest BCUT2D eigenvalue weighted by Gasteiger charge is -2.27. The van der Waals surface area contributed by atoms with Gasteiger partial charge in [-0.1, -0.05) is 24.3 Å². The fourth-order valence-corrected chi connectivity index (χ4v) is 7.81. The maximum Gasteiger partial charge on any atom is 0.160 e. The Bertz CT molecular complexity index is 2270. The summed E-state index contributed by atoms with van der Waals surface area (Å²) >= 11 is 0. The monoisotopic (exact) mass is 642 g/mol. The summed E-state index contributed by atoms with van der Waals surface area (Å²) in [6.45, 7) is 0. The number of aromatic hydroxyl groups is 4. The Hall–Kier alpha value is -5.76. The average Bonchev–Trinajstić information content (AvgIpc) is 3.46. The second-order valence-electron chi connectivity index (χ2n) is 12.4. The summed E-state index contributed by atoms with van der Waals surface area (Å²) < 4.78 is 24.0. The van der Waals surface area contributed by atoms with Crippen LogP contribution in [0.25, 0.3) is 32.7 Å². The molecule has 0 aromatic heterocycles. The molecule has 2 aliphatic rings. The molecule has 8 heteroatoms. The zero-order chi connectivity index (χ0) is 33.3. The van der Waals surface area contributed by atoms with Gasteiger partial charge in [-0.3, -0.25) is 0 Å². The fourth-order valence-electron chi connectivity index (χ4n) is 7.81. The van der Waals surface area contributed by atoms with Gasteiger partial charge in [0.15, 0.2) is 11.5 Å². The largest absolute Gasteiger partial charge is 0.508 e. The molecular formula is C40H34O8. The Morgan fingerprint density at radius 2 is 1.44 bits per heavy atom. The lowest BCUT2D eigenvalue weighted by Crippen LogP contribution is -2.15. The summed E-state index contributed by atoms with van der Waals surface area (Å²) in [5.41, 5.74) is 6.74. The Labute approximate surface area is 277 Å². The molecule has 8 rings (SSSR count).